The maximum Gasteiger partial charge on any atom is 0.260 e. The van der Waals surface area contributed by atoms with Crippen molar-refractivity contribution in [1.82, 2.24) is 15.1 Å². The number of aromatic amines is 1. The largest absolute Gasteiger partial charge is 0.380 e. The van der Waals surface area contributed by atoms with Crippen LogP contribution in [0.15, 0.2) is 47.2 Å². The van der Waals surface area contributed by atoms with Gasteiger partial charge in [0.1, 0.15) is 0 Å². The van der Waals surface area contributed by atoms with Gasteiger partial charge in [-0.15, -0.1) is 0 Å². The lowest BCUT2D eigenvalue weighted by atomic mass is 10.1. The van der Waals surface area contributed by atoms with Crippen LogP contribution >= 0.6 is 0 Å². The number of benzene rings is 1. The van der Waals surface area contributed by atoms with Gasteiger partial charge >= 0.3 is 0 Å². The quantitative estimate of drug-likeness (QED) is 0.751. The van der Waals surface area contributed by atoms with Crippen LogP contribution in [0.3, 0.4) is 0 Å². The molecule has 0 fully saturated rings. The standard InChI is InChI=1S/C14H14N4O/c1-10-17-14(19-18-10)12-4-2-3-5-13(12)16-9-11-6-7-15-8-11/h2-8,15-16H,9H2,1H3. The monoisotopic (exact) mass is 254 g/mol. The van der Waals surface area contributed by atoms with Gasteiger partial charge in [0.25, 0.3) is 5.89 Å². The first-order chi connectivity index (χ1) is 9.33. The number of aryl methyl sites for hydroxylation is 1. The van der Waals surface area contributed by atoms with Crippen molar-refractivity contribution in [1.29, 1.82) is 0 Å². The number of nitrogens with one attached hydrogen (secondary N) is 2. The molecule has 0 atom stereocenters. The second kappa shape index (κ2) is 4.97. The summed E-state index contributed by atoms with van der Waals surface area (Å²) < 4.78 is 5.22. The third kappa shape index (κ3) is 2.49. The van der Waals surface area contributed by atoms with E-state index in [0.717, 1.165) is 17.8 Å². The zero-order chi connectivity index (χ0) is 13.1. The summed E-state index contributed by atoms with van der Waals surface area (Å²) in [5.41, 5.74) is 3.09. The van der Waals surface area contributed by atoms with Gasteiger partial charge in [-0.3, -0.25) is 0 Å². The fourth-order valence-corrected chi connectivity index (χ4v) is 1.90. The molecule has 96 valence electrons. The van der Waals surface area contributed by atoms with Crippen LogP contribution in [-0.4, -0.2) is 15.1 Å². The fraction of sp³-hybridized carbons (Fsp3) is 0.143. The summed E-state index contributed by atoms with van der Waals surface area (Å²) >= 11 is 0. The summed E-state index contributed by atoms with van der Waals surface area (Å²) in [6.07, 6.45) is 3.87. The second-order valence-corrected chi connectivity index (χ2v) is 4.27. The molecule has 3 rings (SSSR count). The van der Waals surface area contributed by atoms with Gasteiger partial charge in [0.15, 0.2) is 5.82 Å². The molecular weight excluding hydrogens is 240 g/mol. The lowest BCUT2D eigenvalue weighted by Crippen LogP contribution is -1.99. The lowest BCUT2D eigenvalue weighted by molar-refractivity contribution is 0.426. The molecule has 2 N–H and O–H groups in total. The SMILES string of the molecule is Cc1noc(-c2ccccc2NCc2cc[nH]c2)n1. The Bertz CT molecular complexity index is 658. The molecule has 0 aliphatic rings. The highest BCUT2D eigenvalue weighted by molar-refractivity contribution is 5.72. The molecule has 0 saturated carbocycles. The maximum absolute atomic E-state index is 5.22. The van der Waals surface area contributed by atoms with Gasteiger partial charge < -0.3 is 14.8 Å². The fourth-order valence-electron chi connectivity index (χ4n) is 1.90. The summed E-state index contributed by atoms with van der Waals surface area (Å²) in [5, 5.41) is 7.20. The number of hydrogen-bond acceptors (Lipinski definition) is 4. The van der Waals surface area contributed by atoms with Gasteiger partial charge in [0, 0.05) is 24.6 Å². The normalized spacial score (nSPS) is 10.6. The molecule has 0 spiro atoms. The molecule has 2 heterocycles. The maximum atomic E-state index is 5.22. The Morgan fingerprint density at radius 2 is 2.16 bits per heavy atom. The molecule has 0 aliphatic carbocycles. The Morgan fingerprint density at radius 3 is 2.89 bits per heavy atom. The topological polar surface area (TPSA) is 66.7 Å². The first kappa shape index (κ1) is 11.5. The summed E-state index contributed by atoms with van der Waals surface area (Å²) in [6, 6.07) is 9.93. The van der Waals surface area contributed by atoms with E-state index >= 15 is 0 Å². The summed E-state index contributed by atoms with van der Waals surface area (Å²) in [4.78, 5) is 7.30. The zero-order valence-corrected chi connectivity index (χ0v) is 10.6. The van der Waals surface area contributed by atoms with E-state index in [2.05, 4.69) is 20.4 Å². The van der Waals surface area contributed by atoms with Crippen LogP contribution < -0.4 is 5.32 Å². The predicted molar refractivity (Wildman–Crippen MR) is 72.6 cm³/mol. The van der Waals surface area contributed by atoms with Crippen molar-refractivity contribution in [2.75, 3.05) is 5.32 Å². The molecular formula is C14H14N4O. The van der Waals surface area contributed by atoms with E-state index in [1.54, 1.807) is 0 Å². The minimum atomic E-state index is 0.537. The Balaban J connectivity index is 1.85. The molecule has 0 bridgehead atoms. The molecule has 5 nitrogen and oxygen atoms in total. The van der Waals surface area contributed by atoms with Crippen LogP contribution in [0.1, 0.15) is 11.4 Å². The Kier molecular flexibility index (Phi) is 3.02. The van der Waals surface area contributed by atoms with Gasteiger partial charge in [-0.2, -0.15) is 4.98 Å². The Labute approximate surface area is 110 Å². The molecule has 0 unspecified atom stereocenters. The van der Waals surface area contributed by atoms with Gasteiger partial charge in [-0.25, -0.2) is 0 Å². The van der Waals surface area contributed by atoms with Crippen LogP contribution in [-0.2, 0) is 6.54 Å². The molecule has 19 heavy (non-hydrogen) atoms. The van der Waals surface area contributed by atoms with Gasteiger partial charge in [0.05, 0.1) is 5.56 Å². The number of H-pyrrole nitrogens is 1. The van der Waals surface area contributed by atoms with Crippen molar-refractivity contribution in [2.24, 2.45) is 0 Å². The number of anilines is 1. The van der Waals surface area contributed by atoms with E-state index in [0.29, 0.717) is 11.7 Å². The minimum absolute atomic E-state index is 0.537. The molecule has 0 amide bonds. The van der Waals surface area contributed by atoms with Crippen molar-refractivity contribution in [3.63, 3.8) is 0 Å². The van der Waals surface area contributed by atoms with Crippen LogP contribution in [0, 0.1) is 6.92 Å². The summed E-state index contributed by atoms with van der Waals surface area (Å²) in [6.45, 7) is 2.55. The van der Waals surface area contributed by atoms with Crippen molar-refractivity contribution in [3.05, 3.63) is 54.1 Å². The zero-order valence-electron chi connectivity index (χ0n) is 10.6. The Hall–Kier alpha value is -2.56. The first-order valence-electron chi connectivity index (χ1n) is 6.08. The molecule has 0 aliphatic heterocycles. The second-order valence-electron chi connectivity index (χ2n) is 4.27. The summed E-state index contributed by atoms with van der Waals surface area (Å²) in [5.74, 6) is 1.17. The van der Waals surface area contributed by atoms with E-state index < -0.39 is 0 Å². The number of nitrogens with zero attached hydrogens (tertiary/aromatic N) is 2. The lowest BCUT2D eigenvalue weighted by Gasteiger charge is -2.08. The Morgan fingerprint density at radius 1 is 1.26 bits per heavy atom. The first-order valence-corrected chi connectivity index (χ1v) is 6.08. The van der Waals surface area contributed by atoms with E-state index in [-0.39, 0.29) is 0 Å². The minimum Gasteiger partial charge on any atom is -0.380 e. The van der Waals surface area contributed by atoms with E-state index in [9.17, 15) is 0 Å². The molecule has 0 saturated heterocycles. The van der Waals surface area contributed by atoms with Gasteiger partial charge in [0.2, 0.25) is 0 Å². The average Bonchev–Trinajstić information content (AvgIpc) is 3.08. The number of hydrogen-bond donors (Lipinski definition) is 2. The van der Waals surface area contributed by atoms with Crippen LogP contribution in [0.5, 0.6) is 0 Å². The van der Waals surface area contributed by atoms with Crippen molar-refractivity contribution < 1.29 is 4.52 Å². The highest BCUT2D eigenvalue weighted by Crippen LogP contribution is 2.26. The third-order valence-corrected chi connectivity index (χ3v) is 2.83. The molecule has 0 radical (unpaired) electrons. The number of aromatic nitrogens is 3. The van der Waals surface area contributed by atoms with Crippen molar-refractivity contribution >= 4 is 5.69 Å². The van der Waals surface area contributed by atoms with Crippen LogP contribution in [0.25, 0.3) is 11.5 Å². The number of para-hydroxylation sites is 1. The molecule has 1 aromatic carbocycles. The van der Waals surface area contributed by atoms with E-state index in [1.165, 1.54) is 5.56 Å². The molecule has 3 aromatic rings. The van der Waals surface area contributed by atoms with Gasteiger partial charge in [-0.1, -0.05) is 17.3 Å². The average molecular weight is 254 g/mol. The van der Waals surface area contributed by atoms with E-state index in [1.807, 2.05) is 49.6 Å². The smallest absolute Gasteiger partial charge is 0.260 e. The van der Waals surface area contributed by atoms with Crippen LogP contribution in [0.2, 0.25) is 0 Å². The van der Waals surface area contributed by atoms with Crippen molar-refractivity contribution in [2.45, 2.75) is 13.5 Å². The van der Waals surface area contributed by atoms with E-state index in [4.69, 9.17) is 4.52 Å². The molecule has 5 heteroatoms. The van der Waals surface area contributed by atoms with Gasteiger partial charge in [-0.05, 0) is 30.7 Å². The third-order valence-electron chi connectivity index (χ3n) is 2.83. The predicted octanol–water partition coefficient (Wildman–Crippen LogP) is 2.99. The van der Waals surface area contributed by atoms with Crippen molar-refractivity contribution in [3.8, 4) is 11.5 Å². The number of rotatable bonds is 4. The summed E-state index contributed by atoms with van der Waals surface area (Å²) in [7, 11) is 0. The van der Waals surface area contributed by atoms with Crippen LogP contribution in [0.4, 0.5) is 5.69 Å². The highest BCUT2D eigenvalue weighted by Gasteiger charge is 2.10. The highest BCUT2D eigenvalue weighted by atomic mass is 16.5. The molecule has 2 aromatic heterocycles.